The van der Waals surface area contributed by atoms with Crippen molar-refractivity contribution in [2.45, 2.75) is 25.2 Å². The number of benzene rings is 1. The van der Waals surface area contributed by atoms with Crippen molar-refractivity contribution >= 4 is 17.2 Å². The van der Waals surface area contributed by atoms with Gasteiger partial charge in [-0.15, -0.1) is 10.2 Å². The quantitative estimate of drug-likeness (QED) is 0.698. The molecule has 0 bridgehead atoms. The number of carbonyl (C=O) groups is 1. The van der Waals surface area contributed by atoms with Crippen molar-refractivity contribution in [3.8, 4) is 11.5 Å². The molecule has 134 valence electrons. The predicted octanol–water partition coefficient (Wildman–Crippen LogP) is 3.89. The number of aromatic nitrogens is 2. The van der Waals surface area contributed by atoms with Gasteiger partial charge in [0.15, 0.2) is 0 Å². The van der Waals surface area contributed by atoms with Crippen molar-refractivity contribution < 1.29 is 13.6 Å². The van der Waals surface area contributed by atoms with Gasteiger partial charge in [-0.25, -0.2) is 4.39 Å². The third kappa shape index (κ3) is 3.67. The van der Waals surface area contributed by atoms with Gasteiger partial charge in [-0.05, 0) is 42.0 Å². The van der Waals surface area contributed by atoms with Gasteiger partial charge in [0.2, 0.25) is 17.7 Å². The monoisotopic (exact) mass is 371 g/mol. The Morgan fingerprint density at radius 1 is 1.27 bits per heavy atom. The summed E-state index contributed by atoms with van der Waals surface area (Å²) >= 11 is 1.58. The van der Waals surface area contributed by atoms with Crippen LogP contribution in [0.25, 0.3) is 11.5 Å². The molecule has 1 amide bonds. The van der Waals surface area contributed by atoms with Crippen LogP contribution in [0, 0.1) is 5.82 Å². The zero-order chi connectivity index (χ0) is 17.9. The lowest BCUT2D eigenvalue weighted by Crippen LogP contribution is -2.40. The molecule has 1 aliphatic rings. The molecule has 1 atom stereocenters. The molecule has 1 aliphatic heterocycles. The van der Waals surface area contributed by atoms with Crippen molar-refractivity contribution in [2.24, 2.45) is 0 Å². The molecule has 0 unspecified atom stereocenters. The van der Waals surface area contributed by atoms with E-state index in [1.165, 1.54) is 12.1 Å². The first-order chi connectivity index (χ1) is 12.7. The number of hydrogen-bond acceptors (Lipinski definition) is 5. The second kappa shape index (κ2) is 7.37. The van der Waals surface area contributed by atoms with Crippen molar-refractivity contribution in [3.05, 3.63) is 58.4 Å². The largest absolute Gasteiger partial charge is 0.420 e. The summed E-state index contributed by atoms with van der Waals surface area (Å²) in [4.78, 5) is 14.4. The van der Waals surface area contributed by atoms with Crippen LogP contribution in [-0.4, -0.2) is 34.1 Å². The van der Waals surface area contributed by atoms with E-state index in [0.29, 0.717) is 18.3 Å². The molecule has 3 heterocycles. The summed E-state index contributed by atoms with van der Waals surface area (Å²) in [5.41, 5.74) is 1.74. The second-order valence-electron chi connectivity index (χ2n) is 6.44. The second-order valence-corrected chi connectivity index (χ2v) is 7.22. The molecule has 7 heteroatoms. The molecule has 0 spiro atoms. The van der Waals surface area contributed by atoms with E-state index in [0.717, 1.165) is 30.5 Å². The van der Waals surface area contributed by atoms with E-state index in [4.69, 9.17) is 4.42 Å². The van der Waals surface area contributed by atoms with E-state index < -0.39 is 0 Å². The number of rotatable bonds is 4. The van der Waals surface area contributed by atoms with Gasteiger partial charge in [0, 0.05) is 24.0 Å². The minimum atomic E-state index is -0.294. The molecule has 1 fully saturated rings. The highest BCUT2D eigenvalue weighted by Gasteiger charge is 2.28. The van der Waals surface area contributed by atoms with Gasteiger partial charge < -0.3 is 9.32 Å². The summed E-state index contributed by atoms with van der Waals surface area (Å²) in [7, 11) is 0. The highest BCUT2D eigenvalue weighted by Crippen LogP contribution is 2.29. The minimum Gasteiger partial charge on any atom is -0.420 e. The Morgan fingerprint density at radius 3 is 2.88 bits per heavy atom. The molecule has 5 nitrogen and oxygen atoms in total. The van der Waals surface area contributed by atoms with Gasteiger partial charge in [0.05, 0.1) is 12.3 Å². The number of nitrogens with zero attached hydrogens (tertiary/aromatic N) is 3. The maximum absolute atomic E-state index is 13.0. The number of thiophene rings is 1. The van der Waals surface area contributed by atoms with Crippen LogP contribution >= 0.6 is 11.3 Å². The fourth-order valence-corrected chi connectivity index (χ4v) is 3.83. The Kier molecular flexibility index (Phi) is 4.79. The number of carbonyl (C=O) groups excluding carboxylic acids is 1. The molecule has 3 aromatic rings. The average Bonchev–Trinajstić information content (AvgIpc) is 3.35. The van der Waals surface area contributed by atoms with E-state index >= 15 is 0 Å². The fourth-order valence-electron chi connectivity index (χ4n) is 3.20. The number of likely N-dealkylation sites (tertiary alicyclic amines) is 1. The minimum absolute atomic E-state index is 0.0406. The summed E-state index contributed by atoms with van der Waals surface area (Å²) in [6.07, 6.45) is 2.10. The maximum atomic E-state index is 13.0. The van der Waals surface area contributed by atoms with Crippen molar-refractivity contribution in [2.75, 3.05) is 13.1 Å². The number of piperidine rings is 1. The highest BCUT2D eigenvalue weighted by molar-refractivity contribution is 7.08. The van der Waals surface area contributed by atoms with Crippen molar-refractivity contribution in [1.29, 1.82) is 0 Å². The molecule has 2 aromatic heterocycles. The zero-order valence-corrected chi connectivity index (χ0v) is 14.9. The Bertz CT molecular complexity index is 877. The van der Waals surface area contributed by atoms with Crippen molar-refractivity contribution in [1.82, 2.24) is 15.1 Å². The molecule has 1 saturated heterocycles. The summed E-state index contributed by atoms with van der Waals surface area (Å²) in [6.45, 7) is 1.30. The molecule has 0 aliphatic carbocycles. The van der Waals surface area contributed by atoms with Crippen LogP contribution in [0.5, 0.6) is 0 Å². The third-order valence-electron chi connectivity index (χ3n) is 4.60. The lowest BCUT2D eigenvalue weighted by Gasteiger charge is -2.31. The van der Waals surface area contributed by atoms with Crippen LogP contribution in [0.2, 0.25) is 0 Å². The fraction of sp³-hybridized carbons (Fsp3) is 0.316. The summed E-state index contributed by atoms with van der Waals surface area (Å²) in [6, 6.07) is 8.01. The smallest absolute Gasteiger partial charge is 0.248 e. The van der Waals surface area contributed by atoms with Gasteiger partial charge in [-0.3, -0.25) is 4.79 Å². The normalized spacial score (nSPS) is 17.4. The summed E-state index contributed by atoms with van der Waals surface area (Å²) in [5.74, 6) is 0.915. The predicted molar refractivity (Wildman–Crippen MR) is 96.3 cm³/mol. The van der Waals surface area contributed by atoms with E-state index in [9.17, 15) is 9.18 Å². The van der Waals surface area contributed by atoms with Crippen LogP contribution in [0.1, 0.15) is 30.2 Å². The third-order valence-corrected chi connectivity index (χ3v) is 5.28. The number of halogens is 1. The molecule has 0 saturated carbocycles. The summed E-state index contributed by atoms with van der Waals surface area (Å²) < 4.78 is 18.8. The van der Waals surface area contributed by atoms with E-state index in [-0.39, 0.29) is 24.1 Å². The molecule has 4 rings (SSSR count). The van der Waals surface area contributed by atoms with Gasteiger partial charge in [0.1, 0.15) is 5.82 Å². The first-order valence-corrected chi connectivity index (χ1v) is 9.51. The number of hydrogen-bond donors (Lipinski definition) is 0. The Balaban J connectivity index is 1.42. The standard InChI is InChI=1S/C19H18FN3O2S/c20-16-5-3-13(4-6-16)10-17(24)23-8-1-2-14(11-23)18-21-22-19(25-18)15-7-9-26-12-15/h3-7,9,12,14H,1-2,8,10-11H2/t14-/m1/s1. The topological polar surface area (TPSA) is 59.2 Å². The van der Waals surface area contributed by atoms with Crippen molar-refractivity contribution in [3.63, 3.8) is 0 Å². The zero-order valence-electron chi connectivity index (χ0n) is 14.1. The molecule has 0 N–H and O–H groups in total. The number of amides is 1. The van der Waals surface area contributed by atoms with Crippen LogP contribution in [-0.2, 0) is 11.2 Å². The molecule has 0 radical (unpaired) electrons. The molecular weight excluding hydrogens is 353 g/mol. The van der Waals surface area contributed by atoms with Crippen LogP contribution in [0.4, 0.5) is 4.39 Å². The van der Waals surface area contributed by atoms with Crippen LogP contribution in [0.15, 0.2) is 45.5 Å². The lowest BCUT2D eigenvalue weighted by atomic mass is 9.97. The average molecular weight is 371 g/mol. The Hall–Kier alpha value is -2.54. The maximum Gasteiger partial charge on any atom is 0.248 e. The van der Waals surface area contributed by atoms with Crippen LogP contribution < -0.4 is 0 Å². The van der Waals surface area contributed by atoms with E-state index in [1.807, 2.05) is 21.7 Å². The SMILES string of the molecule is O=C(Cc1ccc(F)cc1)N1CCC[C@@H](c2nnc(-c3ccsc3)o2)C1. The molecule has 1 aromatic carbocycles. The van der Waals surface area contributed by atoms with Gasteiger partial charge >= 0.3 is 0 Å². The molecular formula is C19H18FN3O2S. The Morgan fingerprint density at radius 2 is 2.12 bits per heavy atom. The van der Waals surface area contributed by atoms with Gasteiger partial charge in [0.25, 0.3) is 0 Å². The molecule has 26 heavy (non-hydrogen) atoms. The Labute approximate surface area is 154 Å². The summed E-state index contributed by atoms with van der Waals surface area (Å²) in [5, 5.41) is 12.3. The lowest BCUT2D eigenvalue weighted by molar-refractivity contribution is -0.131. The van der Waals surface area contributed by atoms with Crippen LogP contribution in [0.3, 0.4) is 0 Å². The van der Waals surface area contributed by atoms with Gasteiger partial charge in [-0.1, -0.05) is 12.1 Å². The van der Waals surface area contributed by atoms with E-state index in [1.54, 1.807) is 23.5 Å². The van der Waals surface area contributed by atoms with Gasteiger partial charge in [-0.2, -0.15) is 11.3 Å². The highest BCUT2D eigenvalue weighted by atomic mass is 32.1. The first kappa shape index (κ1) is 16.9. The first-order valence-electron chi connectivity index (χ1n) is 8.57. The van der Waals surface area contributed by atoms with E-state index in [2.05, 4.69) is 10.2 Å².